The Morgan fingerprint density at radius 2 is 1.59 bits per heavy atom. The lowest BCUT2D eigenvalue weighted by atomic mass is 9.89. The van der Waals surface area contributed by atoms with E-state index in [2.05, 4.69) is 6.07 Å². The van der Waals surface area contributed by atoms with Crippen LogP contribution in [0.4, 0.5) is 0 Å². The summed E-state index contributed by atoms with van der Waals surface area (Å²) >= 11 is 0. The average Bonchev–Trinajstić information content (AvgIpc) is 2.83. The van der Waals surface area contributed by atoms with Crippen LogP contribution in [-0.2, 0) is 6.61 Å². The fourth-order valence-corrected chi connectivity index (χ4v) is 3.29. The van der Waals surface area contributed by atoms with E-state index >= 15 is 0 Å². The molecule has 0 unspecified atom stereocenters. The van der Waals surface area contributed by atoms with Crippen LogP contribution in [0.1, 0.15) is 54.6 Å². The molecule has 0 spiro atoms. The lowest BCUT2D eigenvalue weighted by Crippen LogP contribution is -2.10. The molecule has 4 heteroatoms. The van der Waals surface area contributed by atoms with Crippen molar-refractivity contribution in [3.63, 3.8) is 0 Å². The highest BCUT2D eigenvalue weighted by atomic mass is 16.5. The van der Waals surface area contributed by atoms with E-state index in [1.807, 2.05) is 62.4 Å². The summed E-state index contributed by atoms with van der Waals surface area (Å²) in [6.45, 7) is 4.80. The van der Waals surface area contributed by atoms with Gasteiger partial charge in [0.15, 0.2) is 5.78 Å². The van der Waals surface area contributed by atoms with Crippen molar-refractivity contribution in [1.82, 2.24) is 0 Å². The number of carbonyl (C=O) groups excluding carboxylic acids is 1. The molecule has 0 N–H and O–H groups in total. The van der Waals surface area contributed by atoms with Crippen LogP contribution < -0.4 is 9.47 Å². The van der Waals surface area contributed by atoms with Gasteiger partial charge < -0.3 is 9.47 Å². The Balaban J connectivity index is 1.72. The van der Waals surface area contributed by atoms with Crippen LogP contribution in [0.2, 0.25) is 0 Å². The summed E-state index contributed by atoms with van der Waals surface area (Å²) in [6, 6.07) is 26.8. The van der Waals surface area contributed by atoms with E-state index in [0.717, 1.165) is 24.8 Å². The third kappa shape index (κ3) is 6.72. The summed E-state index contributed by atoms with van der Waals surface area (Å²) in [6.07, 6.45) is 2.49. The van der Waals surface area contributed by atoms with E-state index in [-0.39, 0.29) is 11.2 Å². The highest BCUT2D eigenvalue weighted by Crippen LogP contribution is 2.28. The molecular formula is C28H29NO3. The van der Waals surface area contributed by atoms with Gasteiger partial charge in [0.1, 0.15) is 18.1 Å². The summed E-state index contributed by atoms with van der Waals surface area (Å²) in [5, 5.41) is 9.17. The smallest absolute Gasteiger partial charge is 0.196 e. The van der Waals surface area contributed by atoms with Crippen molar-refractivity contribution >= 4 is 5.78 Å². The van der Waals surface area contributed by atoms with Crippen LogP contribution in [0.5, 0.6) is 11.5 Å². The molecule has 0 aliphatic carbocycles. The molecular weight excluding hydrogens is 398 g/mol. The van der Waals surface area contributed by atoms with Crippen molar-refractivity contribution in [3.05, 3.63) is 95.6 Å². The SMILES string of the molecule is CC(C)(C#N)CCCCOc1cc(OCc2ccccc2)ccc1C(=O)c1ccccc1. The van der Waals surface area contributed by atoms with E-state index in [9.17, 15) is 4.79 Å². The van der Waals surface area contributed by atoms with Crippen molar-refractivity contribution in [2.75, 3.05) is 6.61 Å². The first-order chi connectivity index (χ1) is 15.5. The normalized spacial score (nSPS) is 10.9. The van der Waals surface area contributed by atoms with Gasteiger partial charge in [-0.3, -0.25) is 4.79 Å². The van der Waals surface area contributed by atoms with Crippen molar-refractivity contribution in [1.29, 1.82) is 5.26 Å². The Labute approximate surface area is 190 Å². The fourth-order valence-electron chi connectivity index (χ4n) is 3.29. The minimum atomic E-state index is -0.334. The van der Waals surface area contributed by atoms with Crippen molar-refractivity contribution in [2.45, 2.75) is 39.7 Å². The first-order valence-corrected chi connectivity index (χ1v) is 10.9. The molecule has 0 saturated carbocycles. The summed E-state index contributed by atoms with van der Waals surface area (Å²) < 4.78 is 12.0. The monoisotopic (exact) mass is 427 g/mol. The van der Waals surface area contributed by atoms with Crippen LogP contribution in [0.25, 0.3) is 0 Å². The first-order valence-electron chi connectivity index (χ1n) is 10.9. The molecule has 0 atom stereocenters. The Hall–Kier alpha value is -3.58. The van der Waals surface area contributed by atoms with Gasteiger partial charge in [0.2, 0.25) is 0 Å². The van der Waals surface area contributed by atoms with Crippen molar-refractivity contribution in [2.24, 2.45) is 5.41 Å². The molecule has 0 radical (unpaired) electrons. The number of carbonyl (C=O) groups is 1. The maximum Gasteiger partial charge on any atom is 0.196 e. The lowest BCUT2D eigenvalue weighted by Gasteiger charge is -2.16. The number of nitriles is 1. The molecule has 0 fully saturated rings. The van der Waals surface area contributed by atoms with Crippen LogP contribution >= 0.6 is 0 Å². The molecule has 164 valence electrons. The van der Waals surface area contributed by atoms with Crippen molar-refractivity contribution < 1.29 is 14.3 Å². The van der Waals surface area contributed by atoms with E-state index in [0.29, 0.717) is 35.8 Å². The first kappa shape index (κ1) is 23.1. The quantitative estimate of drug-likeness (QED) is 0.256. The fraction of sp³-hybridized carbons (Fsp3) is 0.286. The van der Waals surface area contributed by atoms with Crippen LogP contribution in [0.3, 0.4) is 0 Å². The number of benzene rings is 3. The standard InChI is InChI=1S/C28H29NO3/c1-28(2,21-29)17-9-10-18-31-26-19-24(32-20-22-11-5-3-6-12-22)15-16-25(26)27(30)23-13-7-4-8-14-23/h3-8,11-16,19H,9-10,17-18,20H2,1-2H3. The predicted molar refractivity (Wildman–Crippen MR) is 126 cm³/mol. The largest absolute Gasteiger partial charge is 0.493 e. The number of ether oxygens (including phenoxy) is 2. The van der Waals surface area contributed by atoms with Crippen LogP contribution in [-0.4, -0.2) is 12.4 Å². The van der Waals surface area contributed by atoms with Gasteiger partial charge in [-0.2, -0.15) is 5.26 Å². The Morgan fingerprint density at radius 3 is 2.28 bits per heavy atom. The lowest BCUT2D eigenvalue weighted by molar-refractivity contribution is 0.103. The Bertz CT molecular complexity index is 1050. The van der Waals surface area contributed by atoms with Gasteiger partial charge in [-0.15, -0.1) is 0 Å². The summed E-state index contributed by atoms with van der Waals surface area (Å²) in [5.41, 5.74) is 1.87. The molecule has 0 saturated heterocycles. The number of rotatable bonds is 11. The maximum atomic E-state index is 13.1. The summed E-state index contributed by atoms with van der Waals surface area (Å²) in [4.78, 5) is 13.1. The number of nitrogens with zero attached hydrogens (tertiary/aromatic N) is 1. The van der Waals surface area contributed by atoms with Gasteiger partial charge in [0, 0.05) is 11.6 Å². The predicted octanol–water partition coefficient (Wildman–Crippen LogP) is 6.60. The van der Waals surface area contributed by atoms with Gasteiger partial charge >= 0.3 is 0 Å². The van der Waals surface area contributed by atoms with E-state index in [1.165, 1.54) is 0 Å². The third-order valence-corrected chi connectivity index (χ3v) is 5.24. The molecule has 0 aliphatic rings. The molecule has 3 rings (SSSR count). The second-order valence-electron chi connectivity index (χ2n) is 8.43. The van der Waals surface area contributed by atoms with Gasteiger partial charge in [-0.1, -0.05) is 60.7 Å². The molecule has 0 heterocycles. The van der Waals surface area contributed by atoms with E-state index in [1.54, 1.807) is 30.3 Å². The minimum Gasteiger partial charge on any atom is -0.493 e. The van der Waals surface area contributed by atoms with Crippen LogP contribution in [0.15, 0.2) is 78.9 Å². The number of ketones is 1. The number of hydrogen-bond acceptors (Lipinski definition) is 4. The Morgan fingerprint density at radius 1 is 0.906 bits per heavy atom. The minimum absolute atomic E-state index is 0.0826. The molecule has 0 amide bonds. The third-order valence-electron chi connectivity index (χ3n) is 5.24. The van der Waals surface area contributed by atoms with E-state index in [4.69, 9.17) is 14.7 Å². The highest BCUT2D eigenvalue weighted by molar-refractivity contribution is 6.10. The van der Waals surface area contributed by atoms with Gasteiger partial charge in [-0.05, 0) is 50.8 Å². The second-order valence-corrected chi connectivity index (χ2v) is 8.43. The zero-order chi connectivity index (χ0) is 22.8. The molecule has 0 aromatic heterocycles. The van der Waals surface area contributed by atoms with Gasteiger partial charge in [0.05, 0.1) is 23.7 Å². The van der Waals surface area contributed by atoms with E-state index < -0.39 is 0 Å². The topological polar surface area (TPSA) is 59.3 Å². The summed E-state index contributed by atoms with van der Waals surface area (Å²) in [7, 11) is 0. The average molecular weight is 428 g/mol. The summed E-state index contributed by atoms with van der Waals surface area (Å²) in [5.74, 6) is 1.09. The zero-order valence-corrected chi connectivity index (χ0v) is 18.7. The second kappa shape index (κ2) is 11.2. The maximum absolute atomic E-state index is 13.1. The molecule has 0 aliphatic heterocycles. The Kier molecular flexibility index (Phi) is 8.05. The molecule has 32 heavy (non-hydrogen) atoms. The molecule has 3 aromatic carbocycles. The van der Waals surface area contributed by atoms with Gasteiger partial charge in [0.25, 0.3) is 0 Å². The highest BCUT2D eigenvalue weighted by Gasteiger charge is 2.17. The van der Waals surface area contributed by atoms with Crippen molar-refractivity contribution in [3.8, 4) is 17.6 Å². The molecule has 4 nitrogen and oxygen atoms in total. The molecule has 0 bridgehead atoms. The molecule has 3 aromatic rings. The number of unbranched alkanes of at least 4 members (excludes halogenated alkanes) is 1. The van der Waals surface area contributed by atoms with Gasteiger partial charge in [-0.25, -0.2) is 0 Å². The zero-order valence-electron chi connectivity index (χ0n) is 18.7. The van der Waals surface area contributed by atoms with Crippen LogP contribution in [0, 0.1) is 16.7 Å². The number of hydrogen-bond donors (Lipinski definition) is 0.